The first-order valence-electron chi connectivity index (χ1n) is 6.47. The Hall–Kier alpha value is -2.75. The van der Waals surface area contributed by atoms with E-state index in [9.17, 15) is 10.1 Å². The van der Waals surface area contributed by atoms with E-state index < -0.39 is 10.3 Å². The first kappa shape index (κ1) is 14.7. The number of benzene rings is 1. The van der Waals surface area contributed by atoms with Crippen molar-refractivity contribution in [3.63, 3.8) is 0 Å². The lowest BCUT2D eigenvalue weighted by Crippen LogP contribution is -2.12. The van der Waals surface area contributed by atoms with Crippen molar-refractivity contribution in [2.75, 3.05) is 0 Å². The largest absolute Gasteiger partial charge is 0.269 e. The zero-order valence-corrected chi connectivity index (χ0v) is 11.9. The Morgan fingerprint density at radius 3 is 2.62 bits per heavy atom. The fraction of sp³-hybridized carbons (Fsp3) is 0.357. The topological polar surface area (TPSA) is 97.6 Å². The Morgan fingerprint density at radius 2 is 2.05 bits per heavy atom. The third-order valence-corrected chi connectivity index (χ3v) is 3.14. The first-order valence-corrected chi connectivity index (χ1v) is 6.47. The highest BCUT2D eigenvalue weighted by atomic mass is 16.6. The van der Waals surface area contributed by atoms with Gasteiger partial charge in [-0.2, -0.15) is 10.4 Å². The summed E-state index contributed by atoms with van der Waals surface area (Å²) >= 11 is 0. The average Bonchev–Trinajstić information content (AvgIpc) is 2.94. The van der Waals surface area contributed by atoms with E-state index in [2.05, 4.69) is 16.2 Å². The van der Waals surface area contributed by atoms with Crippen LogP contribution in [0.1, 0.15) is 20.3 Å². The maximum Gasteiger partial charge on any atom is 0.269 e. The molecule has 2 aromatic rings. The maximum atomic E-state index is 10.6. The quantitative estimate of drug-likeness (QED) is 0.621. The Bertz CT molecular complexity index is 682. The van der Waals surface area contributed by atoms with Gasteiger partial charge in [0.1, 0.15) is 6.33 Å². The number of rotatable bonds is 5. The zero-order chi connectivity index (χ0) is 15.5. The van der Waals surface area contributed by atoms with Crippen LogP contribution >= 0.6 is 0 Å². The van der Waals surface area contributed by atoms with Crippen LogP contribution < -0.4 is 0 Å². The molecule has 0 bridgehead atoms. The molecule has 7 heteroatoms. The molecule has 0 N–H and O–H groups in total. The summed E-state index contributed by atoms with van der Waals surface area (Å²) < 4.78 is 1.68. The van der Waals surface area contributed by atoms with Gasteiger partial charge in [0.25, 0.3) is 5.69 Å². The summed E-state index contributed by atoms with van der Waals surface area (Å²) in [6.45, 7) is 4.35. The number of aromatic nitrogens is 3. The molecule has 0 atom stereocenters. The van der Waals surface area contributed by atoms with E-state index in [1.165, 1.54) is 12.1 Å². The molecule has 0 radical (unpaired) electrons. The monoisotopic (exact) mass is 285 g/mol. The molecular formula is C14H15N5O2. The summed E-state index contributed by atoms with van der Waals surface area (Å²) in [4.78, 5) is 14.3. The Morgan fingerprint density at radius 1 is 1.38 bits per heavy atom. The van der Waals surface area contributed by atoms with E-state index in [1.54, 1.807) is 23.1 Å². The van der Waals surface area contributed by atoms with Gasteiger partial charge in [-0.1, -0.05) is 0 Å². The molecule has 0 aliphatic carbocycles. The van der Waals surface area contributed by atoms with Crippen molar-refractivity contribution < 1.29 is 4.92 Å². The molecule has 108 valence electrons. The molecule has 1 aromatic carbocycles. The summed E-state index contributed by atoms with van der Waals surface area (Å²) in [5.74, 6) is 0.514. The summed E-state index contributed by atoms with van der Waals surface area (Å²) in [7, 11) is 0. The highest BCUT2D eigenvalue weighted by molar-refractivity contribution is 5.56. The molecule has 21 heavy (non-hydrogen) atoms. The van der Waals surface area contributed by atoms with Crippen LogP contribution in [0.25, 0.3) is 11.4 Å². The van der Waals surface area contributed by atoms with Crippen LogP contribution in [0.3, 0.4) is 0 Å². The lowest BCUT2D eigenvalue weighted by Gasteiger charge is -2.13. The van der Waals surface area contributed by atoms with Gasteiger partial charge >= 0.3 is 0 Å². The average molecular weight is 285 g/mol. The molecule has 0 fully saturated rings. The number of nitrogens with zero attached hydrogens (tertiary/aromatic N) is 5. The minimum Gasteiger partial charge on any atom is -0.258 e. The molecule has 0 aliphatic heterocycles. The van der Waals surface area contributed by atoms with Gasteiger partial charge in [-0.05, 0) is 32.4 Å². The van der Waals surface area contributed by atoms with Crippen molar-refractivity contribution >= 4 is 5.69 Å². The van der Waals surface area contributed by atoms with Gasteiger partial charge < -0.3 is 0 Å². The number of hydrogen-bond acceptors (Lipinski definition) is 5. The second kappa shape index (κ2) is 5.71. The van der Waals surface area contributed by atoms with E-state index in [0.717, 1.165) is 5.56 Å². The molecule has 1 aromatic heterocycles. The van der Waals surface area contributed by atoms with Gasteiger partial charge in [0.15, 0.2) is 5.82 Å². The summed E-state index contributed by atoms with van der Waals surface area (Å²) in [6.07, 6.45) is 2.27. The first-order chi connectivity index (χ1) is 9.91. The van der Waals surface area contributed by atoms with Crippen LogP contribution in [0, 0.1) is 26.9 Å². The SMILES string of the molecule is CC(C)(C#N)CCn1cnc(-c2ccc([N+](=O)[O-])cc2)n1. The molecule has 0 aliphatic rings. The third kappa shape index (κ3) is 3.63. The van der Waals surface area contributed by atoms with Crippen LogP contribution in [0.4, 0.5) is 5.69 Å². The molecule has 0 spiro atoms. The summed E-state index contributed by atoms with van der Waals surface area (Å²) in [5, 5.41) is 23.9. The molecule has 7 nitrogen and oxygen atoms in total. The van der Waals surface area contributed by atoms with E-state index in [-0.39, 0.29) is 5.69 Å². The predicted molar refractivity (Wildman–Crippen MR) is 76.1 cm³/mol. The fourth-order valence-corrected chi connectivity index (χ4v) is 1.72. The number of aryl methyl sites for hydroxylation is 1. The van der Waals surface area contributed by atoms with E-state index in [1.807, 2.05) is 13.8 Å². The summed E-state index contributed by atoms with van der Waals surface area (Å²) in [6, 6.07) is 8.34. The minimum absolute atomic E-state index is 0.0361. The van der Waals surface area contributed by atoms with Gasteiger partial charge in [-0.3, -0.25) is 14.8 Å². The van der Waals surface area contributed by atoms with Crippen molar-refractivity contribution in [2.45, 2.75) is 26.8 Å². The molecule has 0 saturated carbocycles. The van der Waals surface area contributed by atoms with Gasteiger partial charge in [0.05, 0.1) is 16.4 Å². The normalized spacial score (nSPS) is 11.1. The Labute approximate surface area is 122 Å². The molecule has 1 heterocycles. The van der Waals surface area contributed by atoms with Crippen LogP contribution in [-0.2, 0) is 6.54 Å². The lowest BCUT2D eigenvalue weighted by atomic mass is 9.92. The lowest BCUT2D eigenvalue weighted by molar-refractivity contribution is -0.384. The maximum absolute atomic E-state index is 10.6. The van der Waals surface area contributed by atoms with Crippen molar-refractivity contribution in [3.8, 4) is 17.5 Å². The molecule has 0 saturated heterocycles. The minimum atomic E-state index is -0.445. The molecule has 0 amide bonds. The zero-order valence-electron chi connectivity index (χ0n) is 11.9. The number of non-ortho nitro benzene ring substituents is 1. The van der Waals surface area contributed by atoms with Gasteiger partial charge in [-0.25, -0.2) is 4.98 Å². The summed E-state index contributed by atoms with van der Waals surface area (Å²) in [5.41, 5.74) is 0.354. The van der Waals surface area contributed by atoms with Gasteiger partial charge in [0, 0.05) is 24.2 Å². The van der Waals surface area contributed by atoms with Crippen molar-refractivity contribution in [2.24, 2.45) is 5.41 Å². The molecular weight excluding hydrogens is 270 g/mol. The molecule has 2 rings (SSSR count). The number of nitro benzene ring substituents is 1. The predicted octanol–water partition coefficient (Wildman–Crippen LogP) is 2.79. The van der Waals surface area contributed by atoms with Gasteiger partial charge in [-0.15, -0.1) is 0 Å². The van der Waals surface area contributed by atoms with E-state index in [0.29, 0.717) is 18.8 Å². The highest BCUT2D eigenvalue weighted by Crippen LogP contribution is 2.21. The van der Waals surface area contributed by atoms with Crippen LogP contribution in [0.5, 0.6) is 0 Å². The number of nitro groups is 1. The Balaban J connectivity index is 2.09. The van der Waals surface area contributed by atoms with Crippen molar-refractivity contribution in [3.05, 3.63) is 40.7 Å². The van der Waals surface area contributed by atoms with Crippen molar-refractivity contribution in [1.29, 1.82) is 5.26 Å². The Kier molecular flexibility index (Phi) is 3.98. The number of hydrogen-bond donors (Lipinski definition) is 0. The fourth-order valence-electron chi connectivity index (χ4n) is 1.72. The van der Waals surface area contributed by atoms with Crippen LogP contribution in [0.2, 0.25) is 0 Å². The van der Waals surface area contributed by atoms with Gasteiger partial charge in [0.2, 0.25) is 0 Å². The van der Waals surface area contributed by atoms with Crippen LogP contribution in [0.15, 0.2) is 30.6 Å². The van der Waals surface area contributed by atoms with Crippen molar-refractivity contribution in [1.82, 2.24) is 14.8 Å². The third-order valence-electron chi connectivity index (χ3n) is 3.14. The smallest absolute Gasteiger partial charge is 0.258 e. The second-order valence-electron chi connectivity index (χ2n) is 5.38. The highest BCUT2D eigenvalue weighted by Gasteiger charge is 2.17. The standard InChI is InChI=1S/C14H15N5O2/c1-14(2,9-15)7-8-18-10-16-13(17-18)11-3-5-12(6-4-11)19(20)21/h3-6,10H,7-8H2,1-2H3. The molecule has 0 unspecified atom stereocenters. The second-order valence-corrected chi connectivity index (χ2v) is 5.38. The number of nitriles is 1. The van der Waals surface area contributed by atoms with Crippen LogP contribution in [-0.4, -0.2) is 19.7 Å². The van der Waals surface area contributed by atoms with E-state index in [4.69, 9.17) is 5.26 Å². The van der Waals surface area contributed by atoms with E-state index >= 15 is 0 Å².